The van der Waals surface area contributed by atoms with Crippen LogP contribution in [0.5, 0.6) is 5.88 Å². The van der Waals surface area contributed by atoms with Crippen LogP contribution in [0.3, 0.4) is 0 Å². The highest BCUT2D eigenvalue weighted by Crippen LogP contribution is 2.33. The molecule has 1 N–H and O–H groups in total. The molecule has 182 valence electrons. The highest BCUT2D eigenvalue weighted by molar-refractivity contribution is 6.08. The molecule has 0 aliphatic heterocycles. The molecule has 0 radical (unpaired) electrons. The van der Waals surface area contributed by atoms with E-state index in [1.807, 2.05) is 64.1 Å². The molecule has 0 aliphatic rings. The van der Waals surface area contributed by atoms with Crippen LogP contribution in [-0.2, 0) is 13.1 Å². The molecule has 7 heteroatoms. The largest absolute Gasteiger partial charge is 0.475 e. The molecule has 0 bridgehead atoms. The molecular weight excluding hydrogens is 448 g/mol. The third-order valence-corrected chi connectivity index (χ3v) is 5.67. The van der Waals surface area contributed by atoms with Crippen LogP contribution >= 0.6 is 0 Å². The van der Waals surface area contributed by atoms with Gasteiger partial charge in [-0.25, -0.2) is 8.78 Å². The second-order valence-electron chi connectivity index (χ2n) is 9.11. The number of nitrogens with zero attached hydrogens (tertiary/aromatic N) is 2. The molecule has 0 atom stereocenters. The molecule has 2 heterocycles. The third kappa shape index (κ3) is 5.34. The molecule has 0 fully saturated rings. The van der Waals surface area contributed by atoms with E-state index < -0.39 is 11.6 Å². The van der Waals surface area contributed by atoms with Gasteiger partial charge in [0, 0.05) is 30.2 Å². The van der Waals surface area contributed by atoms with Gasteiger partial charge in [0.25, 0.3) is 5.91 Å². The van der Waals surface area contributed by atoms with Gasteiger partial charge < -0.3 is 14.6 Å². The molecule has 0 spiro atoms. The van der Waals surface area contributed by atoms with E-state index >= 15 is 0 Å². The lowest BCUT2D eigenvalue weighted by Crippen LogP contribution is -2.24. The van der Waals surface area contributed by atoms with E-state index in [9.17, 15) is 13.6 Å². The quantitative estimate of drug-likeness (QED) is 0.329. The molecule has 0 saturated heterocycles. The minimum Gasteiger partial charge on any atom is -0.475 e. The number of hydrogen-bond acceptors (Lipinski definition) is 3. The van der Waals surface area contributed by atoms with Crippen LogP contribution in [0.1, 0.15) is 60.8 Å². The molecule has 4 rings (SSSR count). The second-order valence-corrected chi connectivity index (χ2v) is 9.11. The van der Waals surface area contributed by atoms with Gasteiger partial charge in [-0.1, -0.05) is 50.2 Å². The van der Waals surface area contributed by atoms with E-state index in [2.05, 4.69) is 9.88 Å². The number of carbonyl (C=O) groups excluding carboxylic acids is 1. The second kappa shape index (κ2) is 10.3. The van der Waals surface area contributed by atoms with E-state index in [0.29, 0.717) is 34.6 Å². The first-order chi connectivity index (χ1) is 16.7. The van der Waals surface area contributed by atoms with Crippen molar-refractivity contribution in [3.63, 3.8) is 0 Å². The monoisotopic (exact) mass is 477 g/mol. The summed E-state index contributed by atoms with van der Waals surface area (Å²) in [6.45, 7) is 8.55. The van der Waals surface area contributed by atoms with Gasteiger partial charge in [0.1, 0.15) is 5.65 Å². The van der Waals surface area contributed by atoms with Gasteiger partial charge in [0.2, 0.25) is 5.88 Å². The van der Waals surface area contributed by atoms with Crippen molar-refractivity contribution in [1.29, 1.82) is 0 Å². The topological polar surface area (TPSA) is 56.1 Å². The van der Waals surface area contributed by atoms with Crippen LogP contribution in [0.25, 0.3) is 11.0 Å². The predicted molar refractivity (Wildman–Crippen MR) is 133 cm³/mol. The summed E-state index contributed by atoms with van der Waals surface area (Å²) in [5, 5.41) is 3.58. The van der Waals surface area contributed by atoms with Gasteiger partial charge in [-0.05, 0) is 49.1 Å². The zero-order chi connectivity index (χ0) is 25.1. The number of nitrogens with one attached hydrogen (secondary N) is 1. The maximum Gasteiger partial charge on any atom is 0.254 e. The van der Waals surface area contributed by atoms with E-state index in [-0.39, 0.29) is 24.5 Å². The van der Waals surface area contributed by atoms with Crippen molar-refractivity contribution in [3.05, 3.63) is 94.7 Å². The number of aromatic nitrogens is 2. The minimum atomic E-state index is -0.944. The van der Waals surface area contributed by atoms with Gasteiger partial charge >= 0.3 is 0 Å². The van der Waals surface area contributed by atoms with Crippen LogP contribution < -0.4 is 10.1 Å². The number of carbonyl (C=O) groups is 1. The number of benzene rings is 2. The molecule has 1 amide bonds. The third-order valence-electron chi connectivity index (χ3n) is 5.67. The van der Waals surface area contributed by atoms with Gasteiger partial charge in [-0.2, -0.15) is 4.98 Å². The number of pyridine rings is 1. The van der Waals surface area contributed by atoms with Gasteiger partial charge in [0.15, 0.2) is 11.6 Å². The molecule has 5 nitrogen and oxygen atoms in total. The maximum absolute atomic E-state index is 13.6. The zero-order valence-electron chi connectivity index (χ0n) is 20.3. The Hall–Kier alpha value is -3.74. The predicted octanol–water partition coefficient (Wildman–Crippen LogP) is 6.20. The van der Waals surface area contributed by atoms with Crippen LogP contribution in [-0.4, -0.2) is 21.6 Å². The van der Waals surface area contributed by atoms with Crippen molar-refractivity contribution < 1.29 is 18.3 Å². The van der Waals surface area contributed by atoms with Crippen LogP contribution in [0.2, 0.25) is 0 Å². The Morgan fingerprint density at radius 3 is 2.37 bits per heavy atom. The standard InChI is InChI=1S/C28H29F2N3O2/c1-17(2)26-25(28(34)31-15-20-10-12-22(29)23(30)14-20)21-11-13-24(35-18(3)4)32-27(21)33(26)16-19-8-6-5-7-9-19/h5-14,17-18H,15-16H2,1-4H3,(H,31,34). The molecule has 4 aromatic rings. The van der Waals surface area contributed by atoms with Gasteiger partial charge in [-0.3, -0.25) is 4.79 Å². The Morgan fingerprint density at radius 2 is 1.71 bits per heavy atom. The van der Waals surface area contributed by atoms with Gasteiger partial charge in [0.05, 0.1) is 11.7 Å². The molecule has 0 unspecified atom stereocenters. The molecule has 0 saturated carbocycles. The Balaban J connectivity index is 1.79. The smallest absolute Gasteiger partial charge is 0.254 e. The van der Waals surface area contributed by atoms with Crippen molar-refractivity contribution >= 4 is 16.9 Å². The summed E-state index contributed by atoms with van der Waals surface area (Å²) in [7, 11) is 0. The van der Waals surface area contributed by atoms with E-state index in [1.54, 1.807) is 6.07 Å². The summed E-state index contributed by atoms with van der Waals surface area (Å²) in [6.07, 6.45) is -0.0408. The summed E-state index contributed by atoms with van der Waals surface area (Å²) in [5.41, 5.74) is 3.59. The van der Waals surface area contributed by atoms with Gasteiger partial charge in [-0.15, -0.1) is 0 Å². The lowest BCUT2D eigenvalue weighted by Gasteiger charge is -2.15. The first-order valence-corrected chi connectivity index (χ1v) is 11.7. The summed E-state index contributed by atoms with van der Waals surface area (Å²) in [4.78, 5) is 18.3. The molecule has 2 aromatic carbocycles. The first-order valence-electron chi connectivity index (χ1n) is 11.7. The number of amides is 1. The fourth-order valence-electron chi connectivity index (χ4n) is 4.21. The average molecular weight is 478 g/mol. The number of ether oxygens (including phenoxy) is 1. The lowest BCUT2D eigenvalue weighted by molar-refractivity contribution is 0.0951. The SMILES string of the molecule is CC(C)Oc1ccc2c(C(=O)NCc3ccc(F)c(F)c3)c(C(C)C)n(Cc3ccccc3)c2n1. The molecule has 2 aromatic heterocycles. The van der Waals surface area contributed by atoms with Crippen LogP contribution in [0, 0.1) is 11.6 Å². The maximum atomic E-state index is 13.6. The fourth-order valence-corrected chi connectivity index (χ4v) is 4.21. The van der Waals surface area contributed by atoms with E-state index in [0.717, 1.165) is 23.4 Å². The summed E-state index contributed by atoms with van der Waals surface area (Å²) < 4.78 is 34.8. The molecular formula is C28H29F2N3O2. The summed E-state index contributed by atoms with van der Waals surface area (Å²) >= 11 is 0. The van der Waals surface area contributed by atoms with Crippen molar-refractivity contribution in [2.75, 3.05) is 0 Å². The lowest BCUT2D eigenvalue weighted by atomic mass is 10.0. The first kappa shape index (κ1) is 24.4. The summed E-state index contributed by atoms with van der Waals surface area (Å²) in [6, 6.07) is 17.2. The fraction of sp³-hybridized carbons (Fsp3) is 0.286. The van der Waals surface area contributed by atoms with Crippen molar-refractivity contribution in [1.82, 2.24) is 14.9 Å². The number of rotatable bonds is 8. The molecule has 35 heavy (non-hydrogen) atoms. The highest BCUT2D eigenvalue weighted by atomic mass is 19.2. The Labute approximate surface area is 203 Å². The van der Waals surface area contributed by atoms with E-state index in [4.69, 9.17) is 9.72 Å². The minimum absolute atomic E-state index is 0.0198. The van der Waals surface area contributed by atoms with E-state index in [1.165, 1.54) is 6.07 Å². The average Bonchev–Trinajstić information content (AvgIpc) is 3.13. The Kier molecular flexibility index (Phi) is 7.15. The normalized spacial score (nSPS) is 11.4. The number of hydrogen-bond donors (Lipinski definition) is 1. The zero-order valence-corrected chi connectivity index (χ0v) is 20.3. The van der Waals surface area contributed by atoms with Crippen molar-refractivity contribution in [2.24, 2.45) is 0 Å². The highest BCUT2D eigenvalue weighted by Gasteiger charge is 2.26. The van der Waals surface area contributed by atoms with Crippen LogP contribution in [0.15, 0.2) is 60.7 Å². The van der Waals surface area contributed by atoms with Crippen molar-refractivity contribution in [2.45, 2.75) is 52.8 Å². The number of fused-ring (bicyclic) bond motifs is 1. The van der Waals surface area contributed by atoms with Crippen molar-refractivity contribution in [3.8, 4) is 5.88 Å². The number of halogens is 2. The Bertz CT molecular complexity index is 1350. The molecule has 0 aliphatic carbocycles. The summed E-state index contributed by atoms with van der Waals surface area (Å²) in [5.74, 6) is -1.65. The van der Waals surface area contributed by atoms with Crippen LogP contribution in [0.4, 0.5) is 8.78 Å². The Morgan fingerprint density at radius 1 is 0.971 bits per heavy atom.